The summed E-state index contributed by atoms with van der Waals surface area (Å²) in [6, 6.07) is 12.4. The summed E-state index contributed by atoms with van der Waals surface area (Å²) in [6.07, 6.45) is 2.68. The molecule has 0 bridgehead atoms. The molecule has 0 N–H and O–H groups in total. The lowest BCUT2D eigenvalue weighted by Gasteiger charge is -2.05. The fourth-order valence-electron chi connectivity index (χ4n) is 1.83. The Kier molecular flexibility index (Phi) is 3.39. The first-order valence-corrected chi connectivity index (χ1v) is 6.31. The van der Waals surface area contributed by atoms with Crippen LogP contribution in [0.3, 0.4) is 0 Å². The zero-order chi connectivity index (χ0) is 13.9. The van der Waals surface area contributed by atoms with Gasteiger partial charge in [0.1, 0.15) is 11.0 Å². The summed E-state index contributed by atoms with van der Waals surface area (Å²) in [4.78, 5) is 12.4. The van der Waals surface area contributed by atoms with E-state index in [0.717, 1.165) is 11.8 Å². The lowest BCUT2D eigenvalue weighted by atomic mass is 10.1. The van der Waals surface area contributed by atoms with Crippen LogP contribution in [0.25, 0.3) is 22.6 Å². The molecule has 0 unspecified atom stereocenters. The Bertz CT molecular complexity index is 747. The lowest BCUT2D eigenvalue weighted by molar-refractivity contribution is 0.622. The van der Waals surface area contributed by atoms with Crippen LogP contribution in [0.15, 0.2) is 54.9 Å². The van der Waals surface area contributed by atoms with E-state index >= 15 is 0 Å². The quantitative estimate of drug-likeness (QED) is 0.668. The van der Waals surface area contributed by atoms with E-state index in [-0.39, 0.29) is 0 Å². The first-order valence-electron chi connectivity index (χ1n) is 5.93. The van der Waals surface area contributed by atoms with Crippen LogP contribution in [-0.4, -0.2) is 15.0 Å². The van der Waals surface area contributed by atoms with E-state index in [2.05, 4.69) is 15.0 Å². The van der Waals surface area contributed by atoms with E-state index in [1.54, 1.807) is 6.07 Å². The molecule has 0 fully saturated rings. The summed E-state index contributed by atoms with van der Waals surface area (Å²) >= 11 is 6.02. The molecular weight excluding hydrogens is 277 g/mol. The van der Waals surface area contributed by atoms with Gasteiger partial charge in [-0.15, -0.1) is 0 Å². The number of aromatic nitrogens is 3. The van der Waals surface area contributed by atoms with Gasteiger partial charge in [0.2, 0.25) is 0 Å². The fourth-order valence-corrected chi connectivity index (χ4v) is 2.02. The van der Waals surface area contributed by atoms with Crippen LogP contribution in [0, 0.1) is 5.82 Å². The van der Waals surface area contributed by atoms with Crippen molar-refractivity contribution in [3.63, 3.8) is 0 Å². The van der Waals surface area contributed by atoms with Gasteiger partial charge in [-0.3, -0.25) is 4.98 Å². The third-order valence-electron chi connectivity index (χ3n) is 2.73. The molecule has 0 radical (unpaired) electrons. The van der Waals surface area contributed by atoms with E-state index in [9.17, 15) is 4.39 Å². The Morgan fingerprint density at radius 1 is 0.900 bits per heavy atom. The predicted octanol–water partition coefficient (Wildman–Crippen LogP) is 4.00. The Morgan fingerprint density at radius 3 is 2.45 bits per heavy atom. The average molecular weight is 286 g/mol. The highest BCUT2D eigenvalue weighted by Crippen LogP contribution is 2.24. The molecule has 0 aliphatic rings. The number of benzene rings is 1. The Hall–Kier alpha value is -2.33. The van der Waals surface area contributed by atoms with Gasteiger partial charge < -0.3 is 0 Å². The predicted molar refractivity (Wildman–Crippen MR) is 75.7 cm³/mol. The molecule has 2 heterocycles. The van der Waals surface area contributed by atoms with Gasteiger partial charge in [0, 0.05) is 23.4 Å². The fraction of sp³-hybridized carbons (Fsp3) is 0. The highest BCUT2D eigenvalue weighted by Gasteiger charge is 2.08. The van der Waals surface area contributed by atoms with Gasteiger partial charge in [0.25, 0.3) is 0 Å². The van der Waals surface area contributed by atoms with Crippen LogP contribution in [-0.2, 0) is 0 Å². The van der Waals surface area contributed by atoms with Gasteiger partial charge in [-0.1, -0.05) is 41.9 Å². The summed E-state index contributed by atoms with van der Waals surface area (Å²) < 4.78 is 13.2. The maximum absolute atomic E-state index is 13.2. The highest BCUT2D eigenvalue weighted by atomic mass is 35.5. The Balaban J connectivity index is 2.12. The third kappa shape index (κ3) is 2.65. The Morgan fingerprint density at radius 2 is 1.70 bits per heavy atom. The van der Waals surface area contributed by atoms with Crippen molar-refractivity contribution in [2.24, 2.45) is 0 Å². The lowest BCUT2D eigenvalue weighted by Crippen LogP contribution is -1.93. The van der Waals surface area contributed by atoms with Crippen molar-refractivity contribution in [1.82, 2.24) is 15.0 Å². The maximum Gasteiger partial charge on any atom is 0.161 e. The molecule has 0 saturated heterocycles. The molecule has 1 aromatic carbocycles. The van der Waals surface area contributed by atoms with Crippen molar-refractivity contribution in [1.29, 1.82) is 0 Å². The molecule has 0 aliphatic heterocycles. The van der Waals surface area contributed by atoms with E-state index in [0.29, 0.717) is 22.2 Å². The second-order valence-corrected chi connectivity index (χ2v) is 4.54. The molecule has 3 aromatic rings. The molecule has 5 heteroatoms. The number of rotatable bonds is 2. The largest absolute Gasteiger partial charge is 0.261 e. The zero-order valence-corrected chi connectivity index (χ0v) is 11.0. The van der Waals surface area contributed by atoms with Gasteiger partial charge in [-0.05, 0) is 6.07 Å². The minimum atomic E-state index is -0.418. The monoisotopic (exact) mass is 285 g/mol. The molecule has 0 saturated carbocycles. The van der Waals surface area contributed by atoms with Gasteiger partial charge in [0.05, 0.1) is 11.9 Å². The second kappa shape index (κ2) is 5.35. The molecule has 3 nitrogen and oxygen atoms in total. The number of hydrogen-bond donors (Lipinski definition) is 0. The second-order valence-electron chi connectivity index (χ2n) is 4.16. The summed E-state index contributed by atoms with van der Waals surface area (Å²) in [7, 11) is 0. The van der Waals surface area contributed by atoms with Crippen molar-refractivity contribution >= 4 is 11.6 Å². The van der Waals surface area contributed by atoms with Crippen LogP contribution < -0.4 is 0 Å². The molecule has 0 aliphatic carbocycles. The van der Waals surface area contributed by atoms with Gasteiger partial charge >= 0.3 is 0 Å². The van der Waals surface area contributed by atoms with Crippen LogP contribution in [0.1, 0.15) is 0 Å². The summed E-state index contributed by atoms with van der Waals surface area (Å²) in [5.74, 6) is 0.0795. The van der Waals surface area contributed by atoms with Gasteiger partial charge in [-0.2, -0.15) is 0 Å². The molecule has 0 amide bonds. The number of nitrogens with zero attached hydrogens (tertiary/aromatic N) is 3. The van der Waals surface area contributed by atoms with Crippen molar-refractivity contribution in [3.05, 3.63) is 65.8 Å². The van der Waals surface area contributed by atoms with Crippen molar-refractivity contribution < 1.29 is 4.39 Å². The van der Waals surface area contributed by atoms with E-state index in [1.165, 1.54) is 12.3 Å². The molecule has 20 heavy (non-hydrogen) atoms. The SMILES string of the molecule is Fc1cncc(-c2cc(Cl)nc(-c3ccccc3)n2)c1. The summed E-state index contributed by atoms with van der Waals surface area (Å²) in [5.41, 5.74) is 1.95. The maximum atomic E-state index is 13.2. The molecular formula is C15H9ClFN3. The standard InChI is InChI=1S/C15H9ClFN3/c16-14-7-13(11-6-12(17)9-18-8-11)19-15(20-14)10-4-2-1-3-5-10/h1-9H. The molecule has 0 atom stereocenters. The number of hydrogen-bond acceptors (Lipinski definition) is 3. The minimum Gasteiger partial charge on any atom is -0.261 e. The zero-order valence-electron chi connectivity index (χ0n) is 10.3. The van der Waals surface area contributed by atoms with E-state index in [4.69, 9.17) is 11.6 Å². The summed E-state index contributed by atoms with van der Waals surface area (Å²) in [6.45, 7) is 0. The smallest absolute Gasteiger partial charge is 0.161 e. The first-order chi connectivity index (χ1) is 9.72. The van der Waals surface area contributed by atoms with Crippen LogP contribution in [0.2, 0.25) is 5.15 Å². The first kappa shape index (κ1) is 12.7. The number of pyridine rings is 1. The molecule has 0 spiro atoms. The van der Waals surface area contributed by atoms with Crippen molar-refractivity contribution in [3.8, 4) is 22.6 Å². The Labute approximate surface area is 120 Å². The van der Waals surface area contributed by atoms with E-state index < -0.39 is 5.82 Å². The minimum absolute atomic E-state index is 0.304. The third-order valence-corrected chi connectivity index (χ3v) is 2.92. The van der Waals surface area contributed by atoms with Crippen LogP contribution in [0.4, 0.5) is 4.39 Å². The topological polar surface area (TPSA) is 38.7 Å². The molecule has 98 valence electrons. The number of halogens is 2. The highest BCUT2D eigenvalue weighted by molar-refractivity contribution is 6.29. The molecule has 2 aromatic heterocycles. The van der Waals surface area contributed by atoms with Crippen LogP contribution in [0.5, 0.6) is 0 Å². The van der Waals surface area contributed by atoms with E-state index in [1.807, 2.05) is 30.3 Å². The average Bonchev–Trinajstić information content (AvgIpc) is 2.47. The normalized spacial score (nSPS) is 10.5. The summed E-state index contributed by atoms with van der Waals surface area (Å²) in [5, 5.41) is 0.304. The van der Waals surface area contributed by atoms with Crippen molar-refractivity contribution in [2.45, 2.75) is 0 Å². The van der Waals surface area contributed by atoms with Crippen molar-refractivity contribution in [2.75, 3.05) is 0 Å². The molecule has 3 rings (SSSR count). The van der Waals surface area contributed by atoms with Crippen LogP contribution >= 0.6 is 11.6 Å². The van der Waals surface area contributed by atoms with Gasteiger partial charge in [0.15, 0.2) is 5.82 Å². The van der Waals surface area contributed by atoms with Gasteiger partial charge in [-0.25, -0.2) is 14.4 Å².